The number of hydrogen-bond acceptors (Lipinski definition) is 6. The topological polar surface area (TPSA) is 119 Å². The molecule has 1 atom stereocenters. The predicted octanol–water partition coefficient (Wildman–Crippen LogP) is 7.62. The first-order valence-electron chi connectivity index (χ1n) is 14.0. The lowest BCUT2D eigenvalue weighted by atomic mass is 10.00. The van der Waals surface area contributed by atoms with Gasteiger partial charge in [-0.15, -0.1) is 0 Å². The molecule has 8 nitrogen and oxygen atoms in total. The summed E-state index contributed by atoms with van der Waals surface area (Å²) in [6.45, 7) is 4.00. The van der Waals surface area contributed by atoms with Crippen LogP contribution in [0.3, 0.4) is 0 Å². The van der Waals surface area contributed by atoms with Gasteiger partial charge in [-0.05, 0) is 55.7 Å². The highest BCUT2D eigenvalue weighted by atomic mass is 31.2. The summed E-state index contributed by atoms with van der Waals surface area (Å²) in [5, 5.41) is 0. The molecular formula is C30H43O8P. The minimum atomic E-state index is -4.31. The van der Waals surface area contributed by atoms with Gasteiger partial charge in [0.2, 0.25) is 0 Å². The molecule has 0 aliphatic carbocycles. The molecule has 2 N–H and O–H groups in total. The van der Waals surface area contributed by atoms with Gasteiger partial charge in [0.25, 0.3) is 5.79 Å². The molecule has 0 bridgehead atoms. The molecule has 2 aromatic rings. The molecule has 0 fully saturated rings. The second-order valence-corrected chi connectivity index (χ2v) is 11.5. The molecule has 39 heavy (non-hydrogen) atoms. The van der Waals surface area contributed by atoms with Gasteiger partial charge in [-0.2, -0.15) is 0 Å². The lowest BCUT2D eigenvalue weighted by Gasteiger charge is -2.33. The van der Waals surface area contributed by atoms with E-state index in [4.69, 9.17) is 14.2 Å². The summed E-state index contributed by atoms with van der Waals surface area (Å²) in [4.78, 5) is 44.5. The van der Waals surface area contributed by atoms with Crippen molar-refractivity contribution in [3.63, 3.8) is 0 Å². The first-order chi connectivity index (χ1) is 18.7. The predicted molar refractivity (Wildman–Crippen MR) is 150 cm³/mol. The lowest BCUT2D eigenvalue weighted by molar-refractivity contribution is -0.237. The SMILES string of the molecule is CCCCCCCCCC(=O)OC(CCCP(=O)(O)O)(OC(=O)CCC)c1ccc(Oc2ccccc2)cc1. The van der Waals surface area contributed by atoms with Gasteiger partial charge in [0.1, 0.15) is 11.5 Å². The van der Waals surface area contributed by atoms with Crippen molar-refractivity contribution in [1.82, 2.24) is 0 Å². The number of benzene rings is 2. The van der Waals surface area contributed by atoms with E-state index in [1.165, 1.54) is 19.3 Å². The monoisotopic (exact) mass is 562 g/mol. The number of carbonyl (C=O) groups is 2. The zero-order chi connectivity index (χ0) is 28.6. The Labute approximate surface area is 232 Å². The van der Waals surface area contributed by atoms with Crippen LogP contribution in [0.5, 0.6) is 11.5 Å². The molecule has 0 aliphatic rings. The van der Waals surface area contributed by atoms with Gasteiger partial charge in [-0.25, -0.2) is 0 Å². The van der Waals surface area contributed by atoms with Crippen molar-refractivity contribution >= 4 is 19.5 Å². The quantitative estimate of drug-likeness (QED) is 0.0777. The Kier molecular flexibility index (Phi) is 14.3. The van der Waals surface area contributed by atoms with Crippen LogP contribution in [0.1, 0.15) is 96.5 Å². The van der Waals surface area contributed by atoms with E-state index < -0.39 is 31.5 Å². The van der Waals surface area contributed by atoms with Gasteiger partial charge in [-0.1, -0.05) is 70.6 Å². The summed E-state index contributed by atoms with van der Waals surface area (Å²) in [7, 11) is -4.31. The molecule has 0 saturated carbocycles. The Bertz CT molecular complexity index is 1030. The van der Waals surface area contributed by atoms with E-state index in [2.05, 4.69) is 6.92 Å². The molecule has 0 aromatic heterocycles. The van der Waals surface area contributed by atoms with Crippen LogP contribution in [-0.2, 0) is 29.4 Å². The molecule has 216 valence electrons. The molecule has 2 rings (SSSR count). The highest BCUT2D eigenvalue weighted by molar-refractivity contribution is 7.51. The summed E-state index contributed by atoms with van der Waals surface area (Å²) in [5.41, 5.74) is 0.394. The molecule has 2 aromatic carbocycles. The van der Waals surface area contributed by atoms with Gasteiger partial charge < -0.3 is 24.0 Å². The van der Waals surface area contributed by atoms with Crippen LogP contribution in [-0.4, -0.2) is 27.9 Å². The number of esters is 2. The summed E-state index contributed by atoms with van der Waals surface area (Å²) in [5.74, 6) is -1.70. The smallest absolute Gasteiger partial charge is 0.325 e. The highest BCUT2D eigenvalue weighted by Gasteiger charge is 2.41. The van der Waals surface area contributed by atoms with E-state index in [9.17, 15) is 23.9 Å². The summed E-state index contributed by atoms with van der Waals surface area (Å²) in [6.07, 6.45) is 7.55. The lowest BCUT2D eigenvalue weighted by Crippen LogP contribution is -2.38. The molecule has 1 unspecified atom stereocenters. The van der Waals surface area contributed by atoms with E-state index in [1.54, 1.807) is 24.3 Å². The van der Waals surface area contributed by atoms with Gasteiger partial charge in [0.15, 0.2) is 0 Å². The third-order valence-corrected chi connectivity index (χ3v) is 7.12. The number of rotatable bonds is 19. The van der Waals surface area contributed by atoms with Gasteiger partial charge in [0.05, 0.1) is 6.16 Å². The largest absolute Gasteiger partial charge is 0.457 e. The van der Waals surface area contributed by atoms with Crippen molar-refractivity contribution in [1.29, 1.82) is 0 Å². The van der Waals surface area contributed by atoms with Crippen molar-refractivity contribution in [3.05, 3.63) is 60.2 Å². The Balaban J connectivity index is 2.24. The third kappa shape index (κ3) is 12.8. The van der Waals surface area contributed by atoms with E-state index >= 15 is 0 Å². The van der Waals surface area contributed by atoms with Crippen LogP contribution in [0.25, 0.3) is 0 Å². The molecule has 9 heteroatoms. The average Bonchev–Trinajstić information content (AvgIpc) is 2.88. The van der Waals surface area contributed by atoms with Crippen molar-refractivity contribution < 1.29 is 38.2 Å². The number of ether oxygens (including phenoxy) is 3. The van der Waals surface area contributed by atoms with Crippen LogP contribution >= 0.6 is 7.60 Å². The minimum Gasteiger partial charge on any atom is -0.457 e. The maximum atomic E-state index is 13.0. The first kappa shape index (κ1) is 32.5. The van der Waals surface area contributed by atoms with Crippen molar-refractivity contribution in [2.24, 2.45) is 0 Å². The maximum absolute atomic E-state index is 13.0. The molecule has 0 saturated heterocycles. The fourth-order valence-electron chi connectivity index (χ4n) is 4.20. The highest BCUT2D eigenvalue weighted by Crippen LogP contribution is 2.40. The molecule has 0 aliphatic heterocycles. The zero-order valence-electron chi connectivity index (χ0n) is 23.2. The van der Waals surface area contributed by atoms with Crippen LogP contribution in [0.4, 0.5) is 0 Å². The fourth-order valence-corrected chi connectivity index (χ4v) is 4.77. The summed E-state index contributed by atoms with van der Waals surface area (Å²) < 4.78 is 29.1. The van der Waals surface area contributed by atoms with Crippen molar-refractivity contribution in [2.75, 3.05) is 6.16 Å². The van der Waals surface area contributed by atoms with Crippen LogP contribution < -0.4 is 4.74 Å². The number of carbonyl (C=O) groups excluding carboxylic acids is 2. The average molecular weight is 563 g/mol. The Morgan fingerprint density at radius 2 is 1.28 bits per heavy atom. The number of para-hydroxylation sites is 1. The molecule has 0 radical (unpaired) electrons. The fraction of sp³-hybridized carbons (Fsp3) is 0.533. The molecule has 0 spiro atoms. The van der Waals surface area contributed by atoms with Gasteiger partial charge in [-0.3, -0.25) is 14.2 Å². The van der Waals surface area contributed by atoms with Crippen molar-refractivity contribution in [3.8, 4) is 11.5 Å². The van der Waals surface area contributed by atoms with E-state index in [1.807, 2.05) is 37.3 Å². The van der Waals surface area contributed by atoms with Crippen LogP contribution in [0, 0.1) is 0 Å². The molecule has 0 heterocycles. The zero-order valence-corrected chi connectivity index (χ0v) is 24.1. The van der Waals surface area contributed by atoms with Crippen LogP contribution in [0.15, 0.2) is 54.6 Å². The van der Waals surface area contributed by atoms with Crippen molar-refractivity contribution in [2.45, 2.75) is 96.7 Å². The van der Waals surface area contributed by atoms with E-state index in [-0.39, 0.29) is 25.7 Å². The van der Waals surface area contributed by atoms with E-state index in [0.717, 1.165) is 19.3 Å². The summed E-state index contributed by atoms with van der Waals surface area (Å²) in [6, 6.07) is 15.9. The normalized spacial score (nSPS) is 12.9. The van der Waals surface area contributed by atoms with Gasteiger partial charge >= 0.3 is 19.5 Å². The van der Waals surface area contributed by atoms with Crippen LogP contribution in [0.2, 0.25) is 0 Å². The number of hydrogen-bond donors (Lipinski definition) is 2. The first-order valence-corrected chi connectivity index (χ1v) is 15.8. The minimum absolute atomic E-state index is 0.0172. The Morgan fingerprint density at radius 3 is 1.87 bits per heavy atom. The molecule has 0 amide bonds. The second-order valence-electron chi connectivity index (χ2n) is 9.75. The standard InChI is InChI=1S/C30H43O8P/c1-3-5-6-7-8-9-13-18-29(32)38-30(37-28(31)15-4-2,23-14-24-39(33,34)35)25-19-21-27(22-20-25)36-26-16-11-10-12-17-26/h10-12,16-17,19-22H,3-9,13-15,18,23-24H2,1-2H3,(H2,33,34,35). The summed E-state index contributed by atoms with van der Waals surface area (Å²) >= 11 is 0. The molecular weight excluding hydrogens is 519 g/mol. The Morgan fingerprint density at radius 1 is 0.718 bits per heavy atom. The maximum Gasteiger partial charge on any atom is 0.325 e. The second kappa shape index (κ2) is 17.1. The Hall–Kier alpha value is -2.67. The third-order valence-electron chi connectivity index (χ3n) is 6.22. The van der Waals surface area contributed by atoms with E-state index in [0.29, 0.717) is 29.9 Å². The van der Waals surface area contributed by atoms with Gasteiger partial charge in [0, 0.05) is 24.8 Å². The number of unbranched alkanes of at least 4 members (excludes halogenated alkanes) is 6.